The van der Waals surface area contributed by atoms with Crippen molar-refractivity contribution in [3.8, 4) is 5.75 Å². The molecule has 21 heteroatoms. The molecule has 4 rings (SSSR count). The van der Waals surface area contributed by atoms with Crippen LogP contribution in [0.3, 0.4) is 0 Å². The number of esters is 1. The molecule has 1 aromatic carbocycles. The number of nitrogens with zero attached hydrogens (tertiary/aromatic N) is 3. The maximum Gasteiger partial charge on any atom is 0.526 e. The molecule has 0 unspecified atom stereocenters. The summed E-state index contributed by atoms with van der Waals surface area (Å²) in [6.45, 7) is 6.75. The number of ether oxygens (including phenoxy) is 2. The summed E-state index contributed by atoms with van der Waals surface area (Å²) >= 11 is 13.6. The standard InChI is InChI=1S/C15H13BClN3O6S.C12H15ClN2O5S/c17-13-11(19-15(18)27-13)10(20-25)9(21)5-7-4-6-2-1-3-8(14(22)23)12(6)26-16(7)24;1-5-19-9(17)7(16)6-8(13)21-10(14-6)15-11(18)20-12(2,3)4/h1-3,7,24-25H,4-5H2,(H2,18,19)(H,22,23);5H2,1-4H3,(H,14,15,18)/b20-10+;/t7-;/m1./s1. The van der Waals surface area contributed by atoms with E-state index in [0.29, 0.717) is 5.56 Å². The van der Waals surface area contributed by atoms with Crippen molar-refractivity contribution in [2.24, 2.45) is 5.16 Å². The predicted molar refractivity (Wildman–Crippen MR) is 177 cm³/mol. The lowest BCUT2D eigenvalue weighted by Crippen LogP contribution is -2.36. The Labute approximate surface area is 291 Å². The molecule has 3 aromatic rings. The van der Waals surface area contributed by atoms with E-state index in [1.54, 1.807) is 39.8 Å². The van der Waals surface area contributed by atoms with E-state index in [1.165, 1.54) is 6.07 Å². The Balaban J connectivity index is 0.000000270. The van der Waals surface area contributed by atoms with Crippen LogP contribution in [0.15, 0.2) is 23.4 Å². The molecule has 1 aliphatic rings. The second-order valence-electron chi connectivity index (χ2n) is 10.6. The van der Waals surface area contributed by atoms with Gasteiger partial charge in [0.05, 0.1) is 12.2 Å². The van der Waals surface area contributed by atoms with E-state index in [2.05, 4.69) is 25.2 Å². The maximum atomic E-state index is 12.6. The Morgan fingerprint density at radius 1 is 1.15 bits per heavy atom. The number of aromatic carboxylic acids is 1. The largest absolute Gasteiger partial charge is 0.535 e. The number of carboxylic acid groups (broad SMARTS) is 1. The molecule has 1 amide bonds. The number of oxime groups is 1. The normalized spacial score (nSPS) is 14.1. The van der Waals surface area contributed by atoms with Gasteiger partial charge in [0, 0.05) is 12.2 Å². The molecular formula is C27H28BCl2N5O11S2. The van der Waals surface area contributed by atoms with Crippen molar-refractivity contribution in [2.75, 3.05) is 17.7 Å². The van der Waals surface area contributed by atoms with E-state index < -0.39 is 48.1 Å². The van der Waals surface area contributed by atoms with Crippen LogP contribution in [-0.4, -0.2) is 79.9 Å². The van der Waals surface area contributed by atoms with Crippen molar-refractivity contribution >= 4 is 98.6 Å². The van der Waals surface area contributed by atoms with E-state index in [4.69, 9.17) is 38.3 Å². The second kappa shape index (κ2) is 16.2. The van der Waals surface area contributed by atoms with Crippen LogP contribution in [0.25, 0.3) is 0 Å². The number of Topliss-reactive ketones (excluding diaryl/α,β-unsaturated/α-hetero) is 2. The first-order valence-electron chi connectivity index (χ1n) is 13.7. The van der Waals surface area contributed by atoms with Gasteiger partial charge in [-0.25, -0.2) is 24.4 Å². The van der Waals surface area contributed by atoms with Crippen molar-refractivity contribution < 1.29 is 53.4 Å². The topological polar surface area (TPSA) is 250 Å². The first kappa shape index (κ1) is 38.2. The van der Waals surface area contributed by atoms with E-state index in [9.17, 15) is 39.3 Å². The molecule has 1 aliphatic heterocycles. The lowest BCUT2D eigenvalue weighted by atomic mass is 9.64. The number of anilines is 2. The molecule has 48 heavy (non-hydrogen) atoms. The van der Waals surface area contributed by atoms with Crippen LogP contribution in [0.2, 0.25) is 14.5 Å². The summed E-state index contributed by atoms with van der Waals surface area (Å²) in [5.41, 5.74) is 4.68. The number of carbonyl (C=O) groups is 5. The minimum Gasteiger partial charge on any atom is -0.535 e. The first-order valence-corrected chi connectivity index (χ1v) is 16.1. The summed E-state index contributed by atoms with van der Waals surface area (Å²) in [7, 11) is -1.40. The number of carboxylic acids is 1. The molecule has 0 aliphatic carbocycles. The van der Waals surface area contributed by atoms with Gasteiger partial charge in [-0.1, -0.05) is 63.2 Å². The SMILES string of the molecule is CCOC(=O)C(=O)c1nc(NC(=O)OC(C)(C)C)sc1Cl.Nc1nc(/C(=N/O)C(=O)C[C@H]2Cc3cccc(C(=O)O)c3OB2O)c(Cl)s1. The van der Waals surface area contributed by atoms with Crippen molar-refractivity contribution in [3.63, 3.8) is 0 Å². The van der Waals surface area contributed by atoms with E-state index in [0.717, 1.165) is 22.7 Å². The number of hydrogen-bond acceptors (Lipinski definition) is 16. The number of benzene rings is 1. The van der Waals surface area contributed by atoms with E-state index in [-0.39, 0.29) is 66.8 Å². The molecule has 3 heterocycles. The Bertz CT molecular complexity index is 1760. The monoisotopic (exact) mass is 743 g/mol. The van der Waals surface area contributed by atoms with E-state index in [1.807, 2.05) is 0 Å². The van der Waals surface area contributed by atoms with Crippen molar-refractivity contribution in [3.05, 3.63) is 49.4 Å². The van der Waals surface area contributed by atoms with Gasteiger partial charge >= 0.3 is 25.2 Å². The molecule has 2 aromatic heterocycles. The van der Waals surface area contributed by atoms with Crippen LogP contribution < -0.4 is 15.7 Å². The lowest BCUT2D eigenvalue weighted by molar-refractivity contribution is -0.137. The zero-order valence-corrected chi connectivity index (χ0v) is 28.8. The lowest BCUT2D eigenvalue weighted by Gasteiger charge is -2.27. The summed E-state index contributed by atoms with van der Waals surface area (Å²) in [4.78, 5) is 66.1. The molecule has 0 saturated carbocycles. The van der Waals surface area contributed by atoms with Crippen molar-refractivity contribution in [2.45, 2.75) is 52.0 Å². The number of hydrogen-bond donors (Lipinski definition) is 5. The fourth-order valence-electron chi connectivity index (χ4n) is 4.04. The summed E-state index contributed by atoms with van der Waals surface area (Å²) in [6.07, 6.45) is -0.761. The molecule has 6 N–H and O–H groups in total. The van der Waals surface area contributed by atoms with Crippen LogP contribution >= 0.6 is 45.9 Å². The number of fused-ring (bicyclic) bond motifs is 1. The highest BCUT2D eigenvalue weighted by Crippen LogP contribution is 2.37. The van der Waals surface area contributed by atoms with Crippen molar-refractivity contribution in [1.29, 1.82) is 0 Å². The fourth-order valence-corrected chi connectivity index (χ4v) is 5.99. The van der Waals surface area contributed by atoms with Crippen LogP contribution in [0.1, 0.15) is 66.2 Å². The highest BCUT2D eigenvalue weighted by atomic mass is 35.5. The Morgan fingerprint density at radius 2 is 1.81 bits per heavy atom. The van der Waals surface area contributed by atoms with Crippen LogP contribution in [0.4, 0.5) is 15.1 Å². The average Bonchev–Trinajstić information content (AvgIpc) is 3.51. The molecular weight excluding hydrogens is 716 g/mol. The molecule has 1 atom stereocenters. The smallest absolute Gasteiger partial charge is 0.526 e. The number of nitrogens with two attached hydrogens (primary N) is 1. The van der Waals surface area contributed by atoms with Crippen LogP contribution in [-0.2, 0) is 25.5 Å². The number of ketones is 2. The predicted octanol–water partition coefficient (Wildman–Crippen LogP) is 4.59. The molecule has 0 radical (unpaired) electrons. The number of nitrogens with one attached hydrogen (secondary N) is 1. The quantitative estimate of drug-likeness (QED) is 0.0383. The molecule has 0 spiro atoms. The van der Waals surface area contributed by atoms with Gasteiger partial charge in [0.2, 0.25) is 0 Å². The van der Waals surface area contributed by atoms with E-state index >= 15 is 0 Å². The van der Waals surface area contributed by atoms with Gasteiger partial charge in [-0.3, -0.25) is 14.9 Å². The second-order valence-corrected chi connectivity index (χ2v) is 13.9. The van der Waals surface area contributed by atoms with Gasteiger partial charge in [-0.2, -0.15) is 0 Å². The molecule has 0 saturated heterocycles. The van der Waals surface area contributed by atoms with Gasteiger partial charge in [0.15, 0.2) is 27.5 Å². The van der Waals surface area contributed by atoms with Gasteiger partial charge in [-0.15, -0.1) is 0 Å². The van der Waals surface area contributed by atoms with Gasteiger partial charge < -0.3 is 35.2 Å². The Morgan fingerprint density at radius 3 is 2.38 bits per heavy atom. The minimum absolute atomic E-state index is 0.0147. The third-order valence-corrected chi connectivity index (χ3v) is 8.21. The highest BCUT2D eigenvalue weighted by Gasteiger charge is 2.39. The molecule has 256 valence electrons. The minimum atomic E-state index is -1.40. The number of para-hydroxylation sites is 1. The van der Waals surface area contributed by atoms with Crippen LogP contribution in [0.5, 0.6) is 5.75 Å². The summed E-state index contributed by atoms with van der Waals surface area (Å²) in [6, 6.07) is 4.58. The summed E-state index contributed by atoms with van der Waals surface area (Å²) < 4.78 is 15.0. The molecule has 0 bridgehead atoms. The van der Waals surface area contributed by atoms with Gasteiger partial charge in [0.1, 0.15) is 25.7 Å². The Hall–Kier alpha value is -4.30. The number of rotatable bonds is 9. The van der Waals surface area contributed by atoms with Gasteiger partial charge in [-0.05, 0) is 45.7 Å². The molecule has 16 nitrogen and oxygen atoms in total. The number of aromatic nitrogens is 2. The number of nitrogen functional groups attached to an aromatic ring is 1. The number of halogens is 2. The Kier molecular flexibility index (Phi) is 12.9. The number of carbonyl (C=O) groups excluding carboxylic acids is 4. The maximum absolute atomic E-state index is 12.6. The third-order valence-electron chi connectivity index (χ3n) is 5.96. The third kappa shape index (κ3) is 9.86. The zero-order valence-electron chi connectivity index (χ0n) is 25.6. The zero-order chi connectivity index (χ0) is 35.9. The fraction of sp³-hybridized carbons (Fsp3) is 0.333. The highest BCUT2D eigenvalue weighted by molar-refractivity contribution is 7.20. The number of thiazole rings is 2. The average molecular weight is 744 g/mol. The van der Waals surface area contributed by atoms with Crippen molar-refractivity contribution in [1.82, 2.24) is 9.97 Å². The summed E-state index contributed by atoms with van der Waals surface area (Å²) in [5, 5.41) is 34.1. The summed E-state index contributed by atoms with van der Waals surface area (Å²) in [5.74, 6) is -4.41. The first-order chi connectivity index (χ1) is 22.4. The molecule has 0 fully saturated rings. The van der Waals surface area contributed by atoms with Gasteiger partial charge in [0.25, 0.3) is 5.78 Å². The number of amides is 1. The van der Waals surface area contributed by atoms with Crippen LogP contribution in [0, 0.1) is 0 Å².